The number of carbonyl (C=O) groups excluding carboxylic acids is 4. The van der Waals surface area contributed by atoms with Gasteiger partial charge in [-0.25, -0.2) is 0 Å². The molecule has 7 heteroatoms. The van der Waals surface area contributed by atoms with Crippen molar-refractivity contribution in [3.05, 3.63) is 0 Å². The summed E-state index contributed by atoms with van der Waals surface area (Å²) in [6.45, 7) is 0. The molecule has 0 bridgehead atoms. The van der Waals surface area contributed by atoms with Gasteiger partial charge in [-0.2, -0.15) is 0 Å². The van der Waals surface area contributed by atoms with Crippen LogP contribution in [-0.4, -0.2) is 23.6 Å². The third-order valence-corrected chi connectivity index (χ3v) is 2.00. The quantitative estimate of drug-likeness (QED) is 0.335. The van der Waals surface area contributed by atoms with Crippen LogP contribution in [0.15, 0.2) is 0 Å². The first-order valence-corrected chi connectivity index (χ1v) is 3.86. The van der Waals surface area contributed by atoms with Crippen molar-refractivity contribution < 1.29 is 19.2 Å². The van der Waals surface area contributed by atoms with E-state index >= 15 is 0 Å². The summed E-state index contributed by atoms with van der Waals surface area (Å²) in [6, 6.07) is 0. The van der Waals surface area contributed by atoms with E-state index in [1.807, 2.05) is 5.32 Å². The van der Waals surface area contributed by atoms with E-state index in [0.29, 0.717) is 0 Å². The number of nitrogens with two attached hydrogens (primary N) is 2. The Morgan fingerprint density at radius 2 is 1.79 bits per heavy atom. The number of primary amides is 2. The third-order valence-electron chi connectivity index (χ3n) is 2.00. The summed E-state index contributed by atoms with van der Waals surface area (Å²) in [6.07, 6.45) is -0.356. The fourth-order valence-electron chi connectivity index (χ4n) is 1.38. The van der Waals surface area contributed by atoms with Crippen LogP contribution in [-0.2, 0) is 19.2 Å². The van der Waals surface area contributed by atoms with Gasteiger partial charge in [0.25, 0.3) is 0 Å². The van der Waals surface area contributed by atoms with Gasteiger partial charge in [0.05, 0.1) is 5.92 Å². The molecule has 1 aliphatic rings. The van der Waals surface area contributed by atoms with E-state index in [2.05, 4.69) is 0 Å². The van der Waals surface area contributed by atoms with Crippen LogP contribution in [0.2, 0.25) is 0 Å². The van der Waals surface area contributed by atoms with Crippen LogP contribution in [0.1, 0.15) is 6.42 Å². The monoisotopic (exact) mass is 199 g/mol. The van der Waals surface area contributed by atoms with Crippen molar-refractivity contribution >= 4 is 23.6 Å². The fourth-order valence-corrected chi connectivity index (χ4v) is 1.38. The Balaban J connectivity index is 2.89. The maximum absolute atomic E-state index is 11.1. The Labute approximate surface area is 78.8 Å². The molecule has 1 fully saturated rings. The Kier molecular flexibility index (Phi) is 2.50. The number of rotatable bonds is 3. The van der Waals surface area contributed by atoms with Crippen molar-refractivity contribution in [3.63, 3.8) is 0 Å². The number of hydrogen-bond donors (Lipinski definition) is 3. The number of carbonyl (C=O) groups is 4. The molecule has 76 valence electrons. The van der Waals surface area contributed by atoms with Gasteiger partial charge < -0.3 is 11.5 Å². The second-order valence-electron chi connectivity index (χ2n) is 3.01. The van der Waals surface area contributed by atoms with E-state index in [0.717, 1.165) is 0 Å². The van der Waals surface area contributed by atoms with Gasteiger partial charge in [0, 0.05) is 6.42 Å². The highest BCUT2D eigenvalue weighted by Gasteiger charge is 2.45. The van der Waals surface area contributed by atoms with Crippen molar-refractivity contribution in [3.8, 4) is 0 Å². The third kappa shape index (κ3) is 1.70. The molecule has 1 saturated heterocycles. The van der Waals surface area contributed by atoms with Gasteiger partial charge in [-0.15, -0.1) is 0 Å². The van der Waals surface area contributed by atoms with Crippen molar-refractivity contribution in [1.82, 2.24) is 5.32 Å². The highest BCUT2D eigenvalue weighted by Crippen LogP contribution is 2.21. The molecule has 5 N–H and O–H groups in total. The van der Waals surface area contributed by atoms with Crippen LogP contribution >= 0.6 is 0 Å². The van der Waals surface area contributed by atoms with Crippen LogP contribution in [0.5, 0.6) is 0 Å². The molecule has 1 rings (SSSR count). The minimum Gasteiger partial charge on any atom is -0.370 e. The normalized spacial score (nSPS) is 26.0. The topological polar surface area (TPSA) is 132 Å². The molecule has 0 aliphatic carbocycles. The van der Waals surface area contributed by atoms with Gasteiger partial charge >= 0.3 is 0 Å². The molecular weight excluding hydrogens is 190 g/mol. The molecule has 14 heavy (non-hydrogen) atoms. The lowest BCUT2D eigenvalue weighted by molar-refractivity contribution is -0.133. The molecule has 0 aromatic heterocycles. The van der Waals surface area contributed by atoms with Crippen molar-refractivity contribution in [2.24, 2.45) is 23.3 Å². The summed E-state index contributed by atoms with van der Waals surface area (Å²) in [7, 11) is 0. The lowest BCUT2D eigenvalue weighted by atomic mass is 9.91. The molecule has 0 saturated carbocycles. The van der Waals surface area contributed by atoms with E-state index < -0.39 is 35.5 Å². The maximum Gasteiger partial charge on any atom is 0.239 e. The summed E-state index contributed by atoms with van der Waals surface area (Å²) in [5.74, 6) is -5.48. The van der Waals surface area contributed by atoms with E-state index in [-0.39, 0.29) is 6.42 Å². The van der Waals surface area contributed by atoms with E-state index in [9.17, 15) is 19.2 Å². The summed E-state index contributed by atoms with van der Waals surface area (Å²) in [5, 5.41) is 1.92. The second kappa shape index (κ2) is 3.44. The van der Waals surface area contributed by atoms with Gasteiger partial charge in [-0.1, -0.05) is 0 Å². The SMILES string of the molecule is NC(=O)C[C@@H]1C(=O)NC(=O)[C@H]1C(N)=O. The molecule has 0 aromatic carbocycles. The predicted molar refractivity (Wildman–Crippen MR) is 43.1 cm³/mol. The minimum atomic E-state index is -1.28. The van der Waals surface area contributed by atoms with E-state index in [4.69, 9.17) is 11.5 Å². The number of hydrogen-bond acceptors (Lipinski definition) is 4. The number of imide groups is 1. The predicted octanol–water partition coefficient (Wildman–Crippen LogP) is -2.76. The van der Waals surface area contributed by atoms with Crippen LogP contribution in [0, 0.1) is 11.8 Å². The van der Waals surface area contributed by atoms with Crippen molar-refractivity contribution in [2.45, 2.75) is 6.42 Å². The molecular formula is C7H9N3O4. The lowest BCUT2D eigenvalue weighted by Gasteiger charge is -2.08. The van der Waals surface area contributed by atoms with Crippen molar-refractivity contribution in [2.75, 3.05) is 0 Å². The number of nitrogens with one attached hydrogen (secondary N) is 1. The average molecular weight is 199 g/mol. The van der Waals surface area contributed by atoms with Crippen molar-refractivity contribution in [1.29, 1.82) is 0 Å². The Hall–Kier alpha value is -1.92. The summed E-state index contributed by atoms with van der Waals surface area (Å²) in [5.41, 5.74) is 9.77. The zero-order chi connectivity index (χ0) is 10.9. The first-order valence-electron chi connectivity index (χ1n) is 3.86. The zero-order valence-electron chi connectivity index (χ0n) is 7.15. The number of amides is 4. The van der Waals surface area contributed by atoms with Gasteiger partial charge in [0.2, 0.25) is 23.6 Å². The van der Waals surface area contributed by atoms with E-state index in [1.165, 1.54) is 0 Å². The molecule has 1 aliphatic heterocycles. The Morgan fingerprint density at radius 1 is 1.21 bits per heavy atom. The van der Waals surface area contributed by atoms with Crippen LogP contribution in [0.25, 0.3) is 0 Å². The zero-order valence-corrected chi connectivity index (χ0v) is 7.15. The molecule has 0 spiro atoms. The largest absolute Gasteiger partial charge is 0.370 e. The standard InChI is InChI=1S/C7H9N3O4/c8-3(11)1-2-4(5(9)12)7(14)10-6(2)13/h2,4H,1H2,(H2,8,11)(H2,9,12)(H,10,13,14)/t2-,4+/m0/s1. The maximum atomic E-state index is 11.1. The van der Waals surface area contributed by atoms with Crippen LogP contribution in [0.3, 0.4) is 0 Å². The Morgan fingerprint density at radius 3 is 2.21 bits per heavy atom. The van der Waals surface area contributed by atoms with Gasteiger partial charge in [0.1, 0.15) is 5.92 Å². The summed E-state index contributed by atoms with van der Waals surface area (Å²) < 4.78 is 0. The lowest BCUT2D eigenvalue weighted by Crippen LogP contribution is -2.34. The van der Waals surface area contributed by atoms with Gasteiger partial charge in [0.15, 0.2) is 0 Å². The molecule has 0 radical (unpaired) electrons. The molecule has 0 unspecified atom stereocenters. The highest BCUT2D eigenvalue weighted by molar-refractivity contribution is 6.15. The summed E-state index contributed by atoms with van der Waals surface area (Å²) >= 11 is 0. The minimum absolute atomic E-state index is 0.356. The first-order chi connectivity index (χ1) is 6.43. The van der Waals surface area contributed by atoms with Gasteiger partial charge in [-0.3, -0.25) is 24.5 Å². The molecule has 0 aromatic rings. The smallest absolute Gasteiger partial charge is 0.239 e. The molecule has 2 atom stereocenters. The van der Waals surface area contributed by atoms with E-state index in [1.54, 1.807) is 0 Å². The molecule has 4 amide bonds. The van der Waals surface area contributed by atoms with Crippen LogP contribution in [0.4, 0.5) is 0 Å². The fraction of sp³-hybridized carbons (Fsp3) is 0.429. The van der Waals surface area contributed by atoms with Gasteiger partial charge in [-0.05, 0) is 0 Å². The van der Waals surface area contributed by atoms with Crippen LogP contribution < -0.4 is 16.8 Å². The Bertz CT molecular complexity index is 325. The molecule has 7 nitrogen and oxygen atoms in total. The highest BCUT2D eigenvalue weighted by atomic mass is 16.2. The second-order valence-corrected chi connectivity index (χ2v) is 3.01. The average Bonchev–Trinajstić information content (AvgIpc) is 2.25. The first kappa shape index (κ1) is 10.2. The summed E-state index contributed by atoms with van der Waals surface area (Å²) in [4.78, 5) is 43.5. The molecule has 1 heterocycles.